The summed E-state index contributed by atoms with van der Waals surface area (Å²) < 4.78 is 0. The fraction of sp³-hybridized carbons (Fsp3) is 0.588. The number of Topliss-reactive ketones (excluding diaryl/α,β-unsaturated/α-hetero) is 1. The summed E-state index contributed by atoms with van der Waals surface area (Å²) in [6.45, 7) is 6.02. The van der Waals surface area contributed by atoms with Gasteiger partial charge in [-0.25, -0.2) is 0 Å². The van der Waals surface area contributed by atoms with Crippen LogP contribution in [-0.2, 0) is 16.6 Å². The Labute approximate surface area is 114 Å². The summed E-state index contributed by atoms with van der Waals surface area (Å²) >= 11 is 0. The molecule has 0 heterocycles. The molecule has 2 bridgehead atoms. The molecule has 2 aliphatic rings. The molecule has 0 spiro atoms. The van der Waals surface area contributed by atoms with E-state index in [0.29, 0.717) is 6.42 Å². The zero-order valence-electron chi connectivity index (χ0n) is 12.0. The summed E-state index contributed by atoms with van der Waals surface area (Å²) in [4.78, 5) is 12.9. The van der Waals surface area contributed by atoms with E-state index in [1.807, 2.05) is 6.92 Å². The van der Waals surface area contributed by atoms with E-state index < -0.39 is 5.60 Å². The number of aliphatic hydroxyl groups is 1. The number of carbonyl (C=O) groups excluding carboxylic acids is 1. The zero-order chi connectivity index (χ0) is 13.8. The quantitative estimate of drug-likeness (QED) is 0.841. The summed E-state index contributed by atoms with van der Waals surface area (Å²) in [5, 5.41) is 10.5. The molecule has 1 N–H and O–H groups in total. The minimum atomic E-state index is -0.836. The Morgan fingerprint density at radius 1 is 1.37 bits per heavy atom. The molecular weight excluding hydrogens is 236 g/mol. The highest BCUT2D eigenvalue weighted by molar-refractivity contribution is 5.96. The smallest absolute Gasteiger partial charge is 0.149 e. The summed E-state index contributed by atoms with van der Waals surface area (Å²) in [5.74, 6) is 0.0399. The Kier molecular flexibility index (Phi) is 2.66. The maximum atomic E-state index is 12.9. The van der Waals surface area contributed by atoms with Crippen LogP contribution in [0.3, 0.4) is 0 Å². The molecule has 102 valence electrons. The first kappa shape index (κ1) is 12.9. The van der Waals surface area contributed by atoms with Gasteiger partial charge in [-0.2, -0.15) is 0 Å². The highest BCUT2D eigenvalue weighted by Crippen LogP contribution is 2.51. The zero-order valence-corrected chi connectivity index (χ0v) is 12.0. The van der Waals surface area contributed by atoms with E-state index >= 15 is 0 Å². The third-order valence-electron chi connectivity index (χ3n) is 5.40. The Morgan fingerprint density at radius 3 is 2.79 bits per heavy atom. The van der Waals surface area contributed by atoms with Crippen molar-refractivity contribution in [2.45, 2.75) is 57.5 Å². The first-order valence-corrected chi connectivity index (χ1v) is 7.27. The van der Waals surface area contributed by atoms with Crippen LogP contribution in [0, 0.1) is 12.8 Å². The topological polar surface area (TPSA) is 37.3 Å². The van der Waals surface area contributed by atoms with Gasteiger partial charge in [0, 0.05) is 0 Å². The third-order valence-corrected chi connectivity index (χ3v) is 5.40. The van der Waals surface area contributed by atoms with Gasteiger partial charge in [0.05, 0.1) is 16.9 Å². The molecule has 3 rings (SSSR count). The molecule has 0 saturated heterocycles. The molecule has 2 nitrogen and oxygen atoms in total. The van der Waals surface area contributed by atoms with Crippen LogP contribution in [0.4, 0.5) is 0 Å². The number of rotatable bonds is 1. The van der Waals surface area contributed by atoms with Gasteiger partial charge in [0.1, 0.15) is 5.78 Å². The molecule has 2 aliphatic carbocycles. The van der Waals surface area contributed by atoms with Crippen molar-refractivity contribution in [3.8, 4) is 0 Å². The number of fused-ring (bicyclic) bond motifs is 4. The van der Waals surface area contributed by atoms with Gasteiger partial charge in [0.25, 0.3) is 0 Å². The van der Waals surface area contributed by atoms with Crippen LogP contribution >= 0.6 is 0 Å². The van der Waals surface area contributed by atoms with E-state index in [1.165, 1.54) is 16.7 Å². The van der Waals surface area contributed by atoms with E-state index in [2.05, 4.69) is 32.0 Å². The summed E-state index contributed by atoms with van der Waals surface area (Å²) in [7, 11) is 0. The normalized spacial score (nSPS) is 37.1. The predicted octanol–water partition coefficient (Wildman–Crippen LogP) is 2.93. The van der Waals surface area contributed by atoms with Crippen LogP contribution < -0.4 is 0 Å². The van der Waals surface area contributed by atoms with Crippen LogP contribution in [-0.4, -0.2) is 16.5 Å². The minimum absolute atomic E-state index is 0.226. The highest BCUT2D eigenvalue weighted by atomic mass is 16.3. The van der Waals surface area contributed by atoms with Crippen molar-refractivity contribution < 1.29 is 9.90 Å². The summed E-state index contributed by atoms with van der Waals surface area (Å²) in [6.07, 6.45) is 3.05. The maximum absolute atomic E-state index is 12.9. The first-order chi connectivity index (χ1) is 8.90. The molecule has 1 fully saturated rings. The standard InChI is InChI=1S/C17H22O2/c1-4-17-8-7-16(3,19)14(15(17)18)10-12-9-11(2)5-6-13(12)17/h5-6,9,14,19H,4,7-8,10H2,1-3H3/t14-,16?,17+/m1/s1. The Hall–Kier alpha value is -1.15. The molecule has 3 atom stereocenters. The van der Waals surface area contributed by atoms with E-state index in [1.54, 1.807) is 0 Å². The van der Waals surface area contributed by atoms with Crippen LogP contribution in [0.15, 0.2) is 18.2 Å². The monoisotopic (exact) mass is 258 g/mol. The molecule has 19 heavy (non-hydrogen) atoms. The third kappa shape index (κ3) is 1.62. The van der Waals surface area contributed by atoms with Crippen molar-refractivity contribution in [3.05, 3.63) is 34.9 Å². The number of hydrogen-bond donors (Lipinski definition) is 1. The molecule has 0 aromatic heterocycles. The van der Waals surface area contributed by atoms with Crippen molar-refractivity contribution in [1.29, 1.82) is 0 Å². The number of aryl methyl sites for hydroxylation is 1. The largest absolute Gasteiger partial charge is 0.389 e. The SMILES string of the molecule is CC[C@]12CCC(C)(O)[C@H](Cc3cc(C)ccc31)C2=O. The lowest BCUT2D eigenvalue weighted by atomic mass is 9.53. The van der Waals surface area contributed by atoms with Crippen molar-refractivity contribution in [3.63, 3.8) is 0 Å². The lowest BCUT2D eigenvalue weighted by Crippen LogP contribution is -2.57. The van der Waals surface area contributed by atoms with Crippen molar-refractivity contribution >= 4 is 5.78 Å². The van der Waals surface area contributed by atoms with Gasteiger partial charge >= 0.3 is 0 Å². The van der Waals surface area contributed by atoms with Crippen LogP contribution in [0.25, 0.3) is 0 Å². The first-order valence-electron chi connectivity index (χ1n) is 7.27. The Morgan fingerprint density at radius 2 is 2.11 bits per heavy atom. The van der Waals surface area contributed by atoms with Gasteiger partial charge in [0.2, 0.25) is 0 Å². The molecule has 0 amide bonds. The predicted molar refractivity (Wildman–Crippen MR) is 75.2 cm³/mol. The van der Waals surface area contributed by atoms with Gasteiger partial charge in [-0.1, -0.05) is 30.7 Å². The molecule has 0 radical (unpaired) electrons. The van der Waals surface area contributed by atoms with E-state index in [-0.39, 0.29) is 17.1 Å². The van der Waals surface area contributed by atoms with Crippen molar-refractivity contribution in [2.24, 2.45) is 5.92 Å². The number of benzene rings is 1. The van der Waals surface area contributed by atoms with Gasteiger partial charge < -0.3 is 5.11 Å². The maximum Gasteiger partial charge on any atom is 0.149 e. The number of carbonyl (C=O) groups is 1. The van der Waals surface area contributed by atoms with Crippen LogP contribution in [0.1, 0.15) is 49.8 Å². The summed E-state index contributed by atoms with van der Waals surface area (Å²) in [5.41, 5.74) is 2.55. The highest BCUT2D eigenvalue weighted by Gasteiger charge is 2.56. The lowest BCUT2D eigenvalue weighted by Gasteiger charge is -2.50. The van der Waals surface area contributed by atoms with Crippen molar-refractivity contribution in [2.75, 3.05) is 0 Å². The van der Waals surface area contributed by atoms with E-state index in [4.69, 9.17) is 0 Å². The van der Waals surface area contributed by atoms with Gasteiger partial charge in [-0.05, 0) is 50.7 Å². The molecule has 2 heteroatoms. The molecule has 1 unspecified atom stereocenters. The Bertz CT molecular complexity index is 544. The molecule has 1 saturated carbocycles. The van der Waals surface area contributed by atoms with Crippen molar-refractivity contribution in [1.82, 2.24) is 0 Å². The molecule has 1 aromatic rings. The van der Waals surface area contributed by atoms with Crippen LogP contribution in [0.2, 0.25) is 0 Å². The second kappa shape index (κ2) is 3.92. The molecule has 1 aromatic carbocycles. The van der Waals surface area contributed by atoms with Gasteiger partial charge in [-0.15, -0.1) is 0 Å². The van der Waals surface area contributed by atoms with E-state index in [9.17, 15) is 9.90 Å². The number of ketones is 1. The second-order valence-corrected chi connectivity index (χ2v) is 6.57. The van der Waals surface area contributed by atoms with Gasteiger partial charge in [-0.3, -0.25) is 4.79 Å². The lowest BCUT2D eigenvalue weighted by molar-refractivity contribution is -0.147. The fourth-order valence-electron chi connectivity index (χ4n) is 4.08. The average molecular weight is 258 g/mol. The van der Waals surface area contributed by atoms with Gasteiger partial charge in [0.15, 0.2) is 0 Å². The molecular formula is C17H22O2. The number of hydrogen-bond acceptors (Lipinski definition) is 2. The van der Waals surface area contributed by atoms with Crippen LogP contribution in [0.5, 0.6) is 0 Å². The average Bonchev–Trinajstić information content (AvgIpc) is 2.36. The Balaban J connectivity index is 2.22. The fourth-order valence-corrected chi connectivity index (χ4v) is 4.08. The van der Waals surface area contributed by atoms with E-state index in [0.717, 1.165) is 19.3 Å². The minimum Gasteiger partial charge on any atom is -0.389 e. The second-order valence-electron chi connectivity index (χ2n) is 6.57. The molecule has 0 aliphatic heterocycles. The summed E-state index contributed by atoms with van der Waals surface area (Å²) in [6, 6.07) is 6.44.